The van der Waals surface area contributed by atoms with E-state index < -0.39 is 5.97 Å². The number of carbonyl (C=O) groups excluding carboxylic acids is 1. The number of esters is 1. The number of rotatable bonds is 7. The van der Waals surface area contributed by atoms with Gasteiger partial charge < -0.3 is 9.26 Å². The second kappa shape index (κ2) is 6.96. The minimum Gasteiger partial charge on any atom is -0.461 e. The predicted octanol–water partition coefficient (Wildman–Crippen LogP) is 1.54. The van der Waals surface area contributed by atoms with E-state index >= 15 is 0 Å². The molecule has 8 nitrogen and oxygen atoms in total. The lowest BCUT2D eigenvalue weighted by molar-refractivity contribution is 0.0518. The molecule has 0 N–H and O–H groups in total. The molecule has 0 aliphatic carbocycles. The Morgan fingerprint density at radius 3 is 2.90 bits per heavy atom. The van der Waals surface area contributed by atoms with Gasteiger partial charge in [-0.2, -0.15) is 4.98 Å². The molecule has 0 aliphatic heterocycles. The van der Waals surface area contributed by atoms with Crippen molar-refractivity contribution in [3.63, 3.8) is 0 Å². The normalized spacial score (nSPS) is 10.8. The van der Waals surface area contributed by atoms with E-state index in [0.29, 0.717) is 24.0 Å². The fraction of sp³-hybridized carbons (Fsp3) is 0.615. The average Bonchev–Trinajstić information content (AvgIpc) is 3.05. The van der Waals surface area contributed by atoms with Gasteiger partial charge in [0.15, 0.2) is 11.5 Å². The second-order valence-corrected chi connectivity index (χ2v) is 4.61. The average molecular weight is 293 g/mol. The van der Waals surface area contributed by atoms with Crippen molar-refractivity contribution >= 4 is 5.97 Å². The molecule has 0 spiro atoms. The van der Waals surface area contributed by atoms with E-state index in [4.69, 9.17) is 9.26 Å². The third-order valence-electron chi connectivity index (χ3n) is 3.00. The van der Waals surface area contributed by atoms with Crippen LogP contribution in [0.25, 0.3) is 0 Å². The molecule has 114 valence electrons. The van der Waals surface area contributed by atoms with Crippen LogP contribution in [0.15, 0.2) is 4.52 Å². The predicted molar refractivity (Wildman–Crippen MR) is 72.7 cm³/mol. The maximum atomic E-state index is 11.7. The van der Waals surface area contributed by atoms with Gasteiger partial charge >= 0.3 is 5.97 Å². The number of carbonyl (C=O) groups is 1. The molecule has 0 amide bonds. The Morgan fingerprint density at radius 1 is 1.38 bits per heavy atom. The zero-order valence-corrected chi connectivity index (χ0v) is 12.5. The van der Waals surface area contributed by atoms with E-state index in [1.54, 1.807) is 18.5 Å². The Morgan fingerprint density at radius 2 is 2.19 bits per heavy atom. The molecule has 2 rings (SSSR count). The summed E-state index contributed by atoms with van der Waals surface area (Å²) >= 11 is 0. The molecule has 0 bridgehead atoms. The summed E-state index contributed by atoms with van der Waals surface area (Å²) in [4.78, 5) is 16.0. The summed E-state index contributed by atoms with van der Waals surface area (Å²) in [5.41, 5.74) is 0.823. The maximum absolute atomic E-state index is 11.7. The highest BCUT2D eigenvalue weighted by Crippen LogP contribution is 2.09. The smallest absolute Gasteiger partial charge is 0.360 e. The third-order valence-corrected chi connectivity index (χ3v) is 3.00. The Balaban J connectivity index is 2.06. The van der Waals surface area contributed by atoms with Crippen LogP contribution in [0, 0.1) is 6.92 Å². The van der Waals surface area contributed by atoms with Gasteiger partial charge in [0.1, 0.15) is 6.54 Å². The lowest BCUT2D eigenvalue weighted by Crippen LogP contribution is -2.09. The van der Waals surface area contributed by atoms with Crippen LogP contribution < -0.4 is 0 Å². The first-order valence-electron chi connectivity index (χ1n) is 7.04. The minimum absolute atomic E-state index is 0.211. The molecule has 0 fully saturated rings. The molecule has 0 aliphatic rings. The first-order valence-corrected chi connectivity index (χ1v) is 7.04. The van der Waals surface area contributed by atoms with E-state index in [1.165, 1.54) is 0 Å². The topological polar surface area (TPSA) is 95.9 Å². The fourth-order valence-corrected chi connectivity index (χ4v) is 1.82. The van der Waals surface area contributed by atoms with Crippen molar-refractivity contribution in [2.45, 2.75) is 46.6 Å². The Kier molecular flexibility index (Phi) is 5.02. The molecule has 0 saturated heterocycles. The quantitative estimate of drug-likeness (QED) is 0.714. The highest BCUT2D eigenvalue weighted by atomic mass is 16.5. The maximum Gasteiger partial charge on any atom is 0.360 e. The summed E-state index contributed by atoms with van der Waals surface area (Å²) in [6, 6.07) is 0. The summed E-state index contributed by atoms with van der Waals surface area (Å²) < 4.78 is 11.6. The minimum atomic E-state index is -0.476. The van der Waals surface area contributed by atoms with Crippen LogP contribution in [0.5, 0.6) is 0 Å². The molecular weight excluding hydrogens is 274 g/mol. The van der Waals surface area contributed by atoms with Gasteiger partial charge in [0.05, 0.1) is 12.3 Å². The van der Waals surface area contributed by atoms with Crippen LogP contribution in [0.4, 0.5) is 0 Å². The van der Waals surface area contributed by atoms with Gasteiger partial charge in [0, 0.05) is 6.42 Å². The van der Waals surface area contributed by atoms with Gasteiger partial charge in [-0.3, -0.25) is 0 Å². The zero-order chi connectivity index (χ0) is 15.2. The van der Waals surface area contributed by atoms with Gasteiger partial charge in [-0.15, -0.1) is 5.10 Å². The second-order valence-electron chi connectivity index (χ2n) is 4.61. The molecule has 0 radical (unpaired) electrons. The number of unbranched alkanes of at least 4 members (excludes halogenated alkanes) is 1. The number of hydrogen-bond donors (Lipinski definition) is 0. The number of ether oxygens (including phenoxy) is 1. The van der Waals surface area contributed by atoms with E-state index in [9.17, 15) is 4.79 Å². The number of aromatic nitrogens is 5. The highest BCUT2D eigenvalue weighted by molar-refractivity contribution is 5.88. The van der Waals surface area contributed by atoms with Crippen LogP contribution in [-0.4, -0.2) is 37.7 Å². The molecule has 21 heavy (non-hydrogen) atoms. The summed E-state index contributed by atoms with van der Waals surface area (Å²) in [6.45, 7) is 6.19. The van der Waals surface area contributed by atoms with E-state index in [2.05, 4.69) is 27.4 Å². The SMILES string of the molecule is CCCCc1noc(Cn2nnc(C(=O)OCC)c2C)n1. The molecule has 2 aromatic rings. The first kappa shape index (κ1) is 15.1. The van der Waals surface area contributed by atoms with Crippen LogP contribution in [0.1, 0.15) is 54.6 Å². The zero-order valence-electron chi connectivity index (χ0n) is 12.5. The molecule has 8 heteroatoms. The highest BCUT2D eigenvalue weighted by Gasteiger charge is 2.18. The monoisotopic (exact) mass is 293 g/mol. The molecule has 0 saturated carbocycles. The molecular formula is C13H19N5O3. The van der Waals surface area contributed by atoms with Crippen molar-refractivity contribution in [2.75, 3.05) is 6.61 Å². The van der Waals surface area contributed by atoms with Gasteiger partial charge in [0.25, 0.3) is 0 Å². The van der Waals surface area contributed by atoms with Gasteiger partial charge in [-0.05, 0) is 20.3 Å². The Bertz CT molecular complexity index is 605. The van der Waals surface area contributed by atoms with Gasteiger partial charge in [-0.1, -0.05) is 23.7 Å². The van der Waals surface area contributed by atoms with E-state index in [0.717, 1.165) is 19.3 Å². The number of nitrogens with zero attached hydrogens (tertiary/aromatic N) is 5. The van der Waals surface area contributed by atoms with Crippen LogP contribution in [-0.2, 0) is 17.7 Å². The van der Waals surface area contributed by atoms with Crippen molar-refractivity contribution < 1.29 is 14.1 Å². The van der Waals surface area contributed by atoms with Gasteiger partial charge in [0.2, 0.25) is 5.89 Å². The summed E-state index contributed by atoms with van der Waals surface area (Å²) in [5, 5.41) is 11.7. The summed E-state index contributed by atoms with van der Waals surface area (Å²) in [7, 11) is 0. The Hall–Kier alpha value is -2.25. The third kappa shape index (κ3) is 3.65. The van der Waals surface area contributed by atoms with E-state index in [-0.39, 0.29) is 12.2 Å². The van der Waals surface area contributed by atoms with Crippen LogP contribution >= 0.6 is 0 Å². The standard InChI is InChI=1S/C13H19N5O3/c1-4-6-7-10-14-11(21-16-10)8-18-9(3)12(15-17-18)13(19)20-5-2/h4-8H2,1-3H3. The number of hydrogen-bond acceptors (Lipinski definition) is 7. The van der Waals surface area contributed by atoms with Crippen molar-refractivity contribution in [1.82, 2.24) is 25.1 Å². The van der Waals surface area contributed by atoms with Crippen molar-refractivity contribution in [3.8, 4) is 0 Å². The lowest BCUT2D eigenvalue weighted by Gasteiger charge is -2.00. The first-order chi connectivity index (χ1) is 10.2. The summed E-state index contributed by atoms with van der Waals surface area (Å²) in [5.74, 6) is 0.662. The number of aryl methyl sites for hydroxylation is 1. The molecule has 0 aromatic carbocycles. The van der Waals surface area contributed by atoms with Crippen LogP contribution in [0.2, 0.25) is 0 Å². The summed E-state index contributed by atoms with van der Waals surface area (Å²) in [6.07, 6.45) is 2.90. The molecule has 0 unspecified atom stereocenters. The lowest BCUT2D eigenvalue weighted by atomic mass is 10.2. The van der Waals surface area contributed by atoms with Gasteiger partial charge in [-0.25, -0.2) is 9.48 Å². The Labute approximate surface area is 122 Å². The van der Waals surface area contributed by atoms with Crippen molar-refractivity contribution in [3.05, 3.63) is 23.1 Å². The molecule has 2 aromatic heterocycles. The molecule has 2 heterocycles. The largest absolute Gasteiger partial charge is 0.461 e. The molecule has 0 atom stereocenters. The van der Waals surface area contributed by atoms with E-state index in [1.807, 2.05) is 0 Å². The van der Waals surface area contributed by atoms with Crippen molar-refractivity contribution in [1.29, 1.82) is 0 Å². The fourth-order valence-electron chi connectivity index (χ4n) is 1.82. The van der Waals surface area contributed by atoms with Crippen LogP contribution in [0.3, 0.4) is 0 Å². The van der Waals surface area contributed by atoms with Crippen molar-refractivity contribution in [2.24, 2.45) is 0 Å².